The van der Waals surface area contributed by atoms with Crippen molar-refractivity contribution < 1.29 is 13.9 Å². The van der Waals surface area contributed by atoms with Gasteiger partial charge in [-0.25, -0.2) is 8.78 Å². The molecule has 0 aliphatic heterocycles. The van der Waals surface area contributed by atoms with E-state index in [0.29, 0.717) is 6.54 Å². The average molecular weight is 257 g/mol. The molecule has 0 spiro atoms. The third-order valence-corrected chi connectivity index (χ3v) is 2.95. The molecule has 0 aromatic heterocycles. The highest BCUT2D eigenvalue weighted by Gasteiger charge is 2.15. The van der Waals surface area contributed by atoms with Crippen LogP contribution in [0.15, 0.2) is 18.2 Å². The largest absolute Gasteiger partial charge is 0.396 e. The maximum atomic E-state index is 12.9. The molecule has 2 nitrogen and oxygen atoms in total. The van der Waals surface area contributed by atoms with E-state index in [0.717, 1.165) is 31.0 Å². The van der Waals surface area contributed by atoms with Crippen molar-refractivity contribution in [2.24, 2.45) is 5.41 Å². The van der Waals surface area contributed by atoms with Crippen molar-refractivity contribution in [3.05, 3.63) is 35.4 Å². The molecule has 18 heavy (non-hydrogen) atoms. The van der Waals surface area contributed by atoms with Crippen LogP contribution >= 0.6 is 0 Å². The molecule has 0 atom stereocenters. The number of halogens is 2. The average Bonchev–Trinajstić information content (AvgIpc) is 2.33. The molecule has 0 aliphatic carbocycles. The van der Waals surface area contributed by atoms with E-state index in [1.54, 1.807) is 6.07 Å². The summed E-state index contributed by atoms with van der Waals surface area (Å²) in [6, 6.07) is 3.92. The van der Waals surface area contributed by atoms with Crippen LogP contribution in [0.4, 0.5) is 8.78 Å². The maximum Gasteiger partial charge on any atom is 0.159 e. The summed E-state index contributed by atoms with van der Waals surface area (Å²) in [5.74, 6) is -1.63. The van der Waals surface area contributed by atoms with E-state index in [4.69, 9.17) is 5.11 Å². The Morgan fingerprint density at radius 1 is 1.22 bits per heavy atom. The van der Waals surface area contributed by atoms with Gasteiger partial charge in [-0.3, -0.25) is 0 Å². The van der Waals surface area contributed by atoms with Gasteiger partial charge in [0.25, 0.3) is 0 Å². The first-order valence-corrected chi connectivity index (χ1v) is 6.20. The molecule has 2 N–H and O–H groups in total. The molecule has 4 heteroatoms. The van der Waals surface area contributed by atoms with E-state index in [9.17, 15) is 8.78 Å². The van der Waals surface area contributed by atoms with E-state index in [1.807, 2.05) is 13.8 Å². The van der Waals surface area contributed by atoms with Crippen LogP contribution in [0.3, 0.4) is 0 Å². The van der Waals surface area contributed by atoms with Crippen LogP contribution in [0, 0.1) is 17.0 Å². The van der Waals surface area contributed by atoms with E-state index < -0.39 is 11.6 Å². The minimum absolute atomic E-state index is 0.0519. The zero-order valence-corrected chi connectivity index (χ0v) is 11.0. The van der Waals surface area contributed by atoms with Crippen LogP contribution in [0.2, 0.25) is 0 Å². The van der Waals surface area contributed by atoms with Crippen molar-refractivity contribution in [1.29, 1.82) is 0 Å². The molecular weight excluding hydrogens is 236 g/mol. The van der Waals surface area contributed by atoms with Crippen LogP contribution in [0.1, 0.15) is 32.3 Å². The van der Waals surface area contributed by atoms with Gasteiger partial charge in [0, 0.05) is 13.2 Å². The van der Waals surface area contributed by atoms with Crippen LogP contribution in [-0.4, -0.2) is 18.3 Å². The van der Waals surface area contributed by atoms with E-state index in [1.165, 1.54) is 6.07 Å². The minimum Gasteiger partial charge on any atom is -0.396 e. The van der Waals surface area contributed by atoms with Gasteiger partial charge in [-0.15, -0.1) is 0 Å². The van der Waals surface area contributed by atoms with Gasteiger partial charge in [-0.1, -0.05) is 19.9 Å². The lowest BCUT2D eigenvalue weighted by atomic mass is 9.89. The number of nitrogens with one attached hydrogen (secondary N) is 1. The summed E-state index contributed by atoms with van der Waals surface area (Å²) in [6.07, 6.45) is 1.87. The highest BCUT2D eigenvalue weighted by atomic mass is 19.2. The molecule has 1 aromatic carbocycles. The molecule has 102 valence electrons. The Hall–Kier alpha value is -1.00. The first kappa shape index (κ1) is 15.1. The number of hydrogen-bond acceptors (Lipinski definition) is 2. The highest BCUT2D eigenvalue weighted by Crippen LogP contribution is 2.20. The number of aliphatic hydroxyl groups excluding tert-OH is 1. The number of rotatable bonds is 7. The Morgan fingerprint density at radius 2 is 1.94 bits per heavy atom. The fraction of sp³-hybridized carbons (Fsp3) is 0.571. The second kappa shape index (κ2) is 6.81. The smallest absolute Gasteiger partial charge is 0.159 e. The summed E-state index contributed by atoms with van der Waals surface area (Å²) < 4.78 is 25.6. The third kappa shape index (κ3) is 5.10. The number of hydrogen-bond donors (Lipinski definition) is 2. The van der Waals surface area contributed by atoms with Gasteiger partial charge in [-0.05, 0) is 42.5 Å². The Morgan fingerprint density at radius 3 is 2.56 bits per heavy atom. The molecule has 0 unspecified atom stereocenters. The third-order valence-electron chi connectivity index (χ3n) is 2.95. The lowest BCUT2D eigenvalue weighted by molar-refractivity contribution is 0.148. The molecule has 0 bridgehead atoms. The standard InChI is InChI=1S/C14H21F2NO/c1-14(2,10-18)6-3-7-17-9-11-4-5-12(15)13(16)8-11/h4-5,8,17-18H,3,6-7,9-10H2,1-2H3. The Balaban J connectivity index is 2.24. The maximum absolute atomic E-state index is 12.9. The summed E-state index contributed by atoms with van der Waals surface area (Å²) in [4.78, 5) is 0. The normalized spacial score (nSPS) is 11.8. The Labute approximate surface area is 107 Å². The molecule has 0 heterocycles. The fourth-order valence-electron chi connectivity index (χ4n) is 1.65. The van der Waals surface area contributed by atoms with E-state index >= 15 is 0 Å². The lowest BCUT2D eigenvalue weighted by Gasteiger charge is -2.21. The van der Waals surface area contributed by atoms with Crippen LogP contribution in [-0.2, 0) is 6.54 Å². The predicted octanol–water partition coefficient (Wildman–Crippen LogP) is 2.85. The van der Waals surface area contributed by atoms with Gasteiger partial charge < -0.3 is 10.4 Å². The second-order valence-corrected chi connectivity index (χ2v) is 5.35. The van der Waals surface area contributed by atoms with E-state index in [2.05, 4.69) is 5.32 Å². The molecule has 0 amide bonds. The molecule has 0 fully saturated rings. The monoisotopic (exact) mass is 257 g/mol. The van der Waals surface area contributed by atoms with Gasteiger partial charge in [0.15, 0.2) is 11.6 Å². The van der Waals surface area contributed by atoms with Crippen molar-refractivity contribution in [3.63, 3.8) is 0 Å². The summed E-state index contributed by atoms with van der Waals surface area (Å²) in [6.45, 7) is 5.53. The Bertz CT molecular complexity index is 380. The van der Waals surface area contributed by atoms with Gasteiger partial charge >= 0.3 is 0 Å². The summed E-state index contributed by atoms with van der Waals surface area (Å²) in [5, 5.41) is 12.3. The van der Waals surface area contributed by atoms with Crippen molar-refractivity contribution in [1.82, 2.24) is 5.32 Å². The zero-order valence-electron chi connectivity index (χ0n) is 11.0. The lowest BCUT2D eigenvalue weighted by Crippen LogP contribution is -2.21. The molecule has 0 radical (unpaired) electrons. The first-order valence-electron chi connectivity index (χ1n) is 6.20. The molecule has 0 aliphatic rings. The van der Waals surface area contributed by atoms with Crippen molar-refractivity contribution in [3.8, 4) is 0 Å². The topological polar surface area (TPSA) is 32.3 Å². The summed E-state index contributed by atoms with van der Waals surface area (Å²) in [5.41, 5.74) is 0.680. The zero-order chi connectivity index (χ0) is 13.6. The van der Waals surface area contributed by atoms with Crippen LogP contribution in [0.5, 0.6) is 0 Å². The van der Waals surface area contributed by atoms with Crippen molar-refractivity contribution >= 4 is 0 Å². The van der Waals surface area contributed by atoms with Gasteiger partial charge in [0.05, 0.1) is 0 Å². The highest BCUT2D eigenvalue weighted by molar-refractivity contribution is 5.17. The second-order valence-electron chi connectivity index (χ2n) is 5.35. The van der Waals surface area contributed by atoms with Crippen LogP contribution in [0.25, 0.3) is 0 Å². The molecular formula is C14H21F2NO. The molecule has 1 rings (SSSR count). The Kier molecular flexibility index (Phi) is 5.69. The SMILES string of the molecule is CC(C)(CO)CCCNCc1ccc(F)c(F)c1. The number of aliphatic hydroxyl groups is 1. The molecule has 1 aromatic rings. The summed E-state index contributed by atoms with van der Waals surface area (Å²) in [7, 11) is 0. The van der Waals surface area contributed by atoms with Gasteiger partial charge in [-0.2, -0.15) is 0 Å². The predicted molar refractivity (Wildman–Crippen MR) is 68.2 cm³/mol. The fourth-order valence-corrected chi connectivity index (χ4v) is 1.65. The summed E-state index contributed by atoms with van der Waals surface area (Å²) >= 11 is 0. The minimum atomic E-state index is -0.816. The van der Waals surface area contributed by atoms with Crippen LogP contribution < -0.4 is 5.32 Å². The first-order chi connectivity index (χ1) is 8.44. The van der Waals surface area contributed by atoms with Gasteiger partial charge in [0.2, 0.25) is 0 Å². The molecule has 0 saturated heterocycles. The van der Waals surface area contributed by atoms with Crippen molar-refractivity contribution in [2.45, 2.75) is 33.2 Å². The van der Waals surface area contributed by atoms with E-state index in [-0.39, 0.29) is 12.0 Å². The quantitative estimate of drug-likeness (QED) is 0.736. The number of benzene rings is 1. The molecule has 0 saturated carbocycles. The van der Waals surface area contributed by atoms with Crippen molar-refractivity contribution in [2.75, 3.05) is 13.2 Å². The van der Waals surface area contributed by atoms with Gasteiger partial charge in [0.1, 0.15) is 0 Å².